The molecular weight excluding hydrogens is 540 g/mol. The topological polar surface area (TPSA) is 125 Å². The van der Waals surface area contributed by atoms with E-state index in [1.165, 1.54) is 30.5 Å². The third kappa shape index (κ3) is 6.71. The molecule has 0 saturated carbocycles. The van der Waals surface area contributed by atoms with E-state index < -0.39 is 32.0 Å². The van der Waals surface area contributed by atoms with Crippen molar-refractivity contribution in [2.75, 3.05) is 26.2 Å². The summed E-state index contributed by atoms with van der Waals surface area (Å²) in [5.74, 6) is -0.0386. The minimum Gasteiger partial charge on any atom is -0.494 e. The fourth-order valence-corrected chi connectivity index (χ4v) is 7.10. The van der Waals surface area contributed by atoms with E-state index >= 15 is 0 Å². The Morgan fingerprint density at radius 2 is 1.49 bits per heavy atom. The van der Waals surface area contributed by atoms with Gasteiger partial charge in [-0.3, -0.25) is 4.79 Å². The second kappa shape index (κ2) is 12.5. The highest BCUT2D eigenvalue weighted by Gasteiger charge is 2.43. The van der Waals surface area contributed by atoms with Crippen LogP contribution >= 0.6 is 0 Å². The predicted octanol–water partition coefficient (Wildman–Crippen LogP) is 2.69. The normalized spacial score (nSPS) is 17.2. The molecule has 1 heterocycles. The molecule has 1 saturated heterocycles. The minimum absolute atomic E-state index is 0.0102. The average Bonchev–Trinajstić information content (AvgIpc) is 2.97. The van der Waals surface area contributed by atoms with Crippen molar-refractivity contribution in [1.29, 1.82) is 0 Å². The lowest BCUT2D eigenvalue weighted by molar-refractivity contribution is -0.125. The van der Waals surface area contributed by atoms with E-state index in [-0.39, 0.29) is 29.4 Å². The van der Waals surface area contributed by atoms with Crippen LogP contribution in [0.4, 0.5) is 0 Å². The summed E-state index contributed by atoms with van der Waals surface area (Å²) in [6.07, 6.45) is 2.30. The molecule has 0 aliphatic carbocycles. The maximum atomic E-state index is 13.5. The van der Waals surface area contributed by atoms with Gasteiger partial charge in [0, 0.05) is 19.6 Å². The number of hydrogen-bond acceptors (Lipinski definition) is 7. The summed E-state index contributed by atoms with van der Waals surface area (Å²) in [6, 6.07) is 21.3. The van der Waals surface area contributed by atoms with Crippen LogP contribution in [-0.4, -0.2) is 69.9 Å². The lowest BCUT2D eigenvalue weighted by Gasteiger charge is -2.38. The number of carbonyl (C=O) groups is 1. The van der Waals surface area contributed by atoms with E-state index in [1.807, 2.05) is 6.92 Å². The Hall–Kier alpha value is -3.58. The summed E-state index contributed by atoms with van der Waals surface area (Å²) in [7, 11) is -8.05. The van der Waals surface area contributed by atoms with Crippen molar-refractivity contribution < 1.29 is 26.4 Å². The molecule has 0 bridgehead atoms. The zero-order valence-corrected chi connectivity index (χ0v) is 23.0. The number of benzene rings is 3. The Morgan fingerprint density at radius 1 is 0.897 bits per heavy atom. The number of nitrogens with zero attached hydrogens (tertiary/aromatic N) is 3. The summed E-state index contributed by atoms with van der Waals surface area (Å²) < 4.78 is 61.1. The summed E-state index contributed by atoms with van der Waals surface area (Å²) in [5.41, 5.74) is 3.07. The molecule has 0 unspecified atom stereocenters. The molecule has 1 amide bonds. The number of carbonyl (C=O) groups excluding carboxylic acids is 1. The second-order valence-corrected chi connectivity index (χ2v) is 12.6. The summed E-state index contributed by atoms with van der Waals surface area (Å²) in [4.78, 5) is 13.4. The van der Waals surface area contributed by atoms with E-state index in [0.29, 0.717) is 17.9 Å². The maximum Gasteiger partial charge on any atom is 0.259 e. The Bertz CT molecular complexity index is 1500. The lowest BCUT2D eigenvalue weighted by Crippen LogP contribution is -2.60. The molecule has 4 rings (SSSR count). The number of rotatable bonds is 10. The van der Waals surface area contributed by atoms with Gasteiger partial charge in [-0.25, -0.2) is 22.3 Å². The van der Waals surface area contributed by atoms with Crippen LogP contribution in [0.5, 0.6) is 5.75 Å². The standard InChI is InChI=1S/C27H30N4O6S2/c1-2-19-37-23-15-13-22(14-16-23)20-28-29-27(32)26-21-30(38(33,34)24-9-5-3-6-10-24)17-18-31(26)39(35,36)25-11-7-4-8-12-25/h3-16,20,26H,2,17-19,21H2,1H3,(H,29,32)/b28-20-/t26-/m0/s1. The van der Waals surface area contributed by atoms with Gasteiger partial charge in [-0.05, 0) is 60.5 Å². The van der Waals surface area contributed by atoms with E-state index in [9.17, 15) is 21.6 Å². The molecule has 1 atom stereocenters. The number of hydrogen-bond donors (Lipinski definition) is 1. The quantitative estimate of drug-likeness (QED) is 0.295. The fourth-order valence-electron chi connectivity index (χ4n) is 4.05. The SMILES string of the molecule is CCCOc1ccc(/C=N\NC(=O)[C@@H]2CN(S(=O)(=O)c3ccccc3)CCN2S(=O)(=O)c2ccccc2)cc1. The zero-order valence-electron chi connectivity index (χ0n) is 21.4. The molecule has 39 heavy (non-hydrogen) atoms. The van der Waals surface area contributed by atoms with Crippen LogP contribution in [-0.2, 0) is 24.8 Å². The van der Waals surface area contributed by atoms with Crippen LogP contribution in [0.3, 0.4) is 0 Å². The first-order chi connectivity index (χ1) is 18.7. The van der Waals surface area contributed by atoms with Gasteiger partial charge >= 0.3 is 0 Å². The van der Waals surface area contributed by atoms with Crippen molar-refractivity contribution in [3.8, 4) is 5.75 Å². The van der Waals surface area contributed by atoms with Gasteiger partial charge in [-0.1, -0.05) is 43.3 Å². The molecule has 1 N–H and O–H groups in total. The number of hydrazone groups is 1. The number of nitrogens with one attached hydrogen (secondary N) is 1. The smallest absolute Gasteiger partial charge is 0.259 e. The second-order valence-electron chi connectivity index (χ2n) is 8.77. The molecule has 1 fully saturated rings. The summed E-state index contributed by atoms with van der Waals surface area (Å²) in [5, 5.41) is 3.99. The van der Waals surface area contributed by atoms with Crippen molar-refractivity contribution in [2.45, 2.75) is 29.2 Å². The van der Waals surface area contributed by atoms with Crippen molar-refractivity contribution in [2.24, 2.45) is 5.10 Å². The van der Waals surface area contributed by atoms with Gasteiger partial charge in [0.2, 0.25) is 20.0 Å². The first kappa shape index (κ1) is 28.4. The number of amides is 1. The molecule has 10 nitrogen and oxygen atoms in total. The molecule has 0 radical (unpaired) electrons. The Kier molecular flexibility index (Phi) is 9.12. The third-order valence-electron chi connectivity index (χ3n) is 6.07. The van der Waals surface area contributed by atoms with Crippen LogP contribution in [0.25, 0.3) is 0 Å². The van der Waals surface area contributed by atoms with Crippen LogP contribution in [0.15, 0.2) is 99.8 Å². The minimum atomic E-state index is -4.09. The van der Waals surface area contributed by atoms with Crippen LogP contribution in [0.2, 0.25) is 0 Å². The van der Waals surface area contributed by atoms with Crippen molar-refractivity contribution in [3.63, 3.8) is 0 Å². The van der Waals surface area contributed by atoms with Crippen molar-refractivity contribution in [1.82, 2.24) is 14.0 Å². The molecule has 12 heteroatoms. The summed E-state index contributed by atoms with van der Waals surface area (Å²) in [6.45, 7) is 1.93. The number of sulfonamides is 2. The lowest BCUT2D eigenvalue weighted by atomic mass is 10.2. The Labute approximate surface area is 229 Å². The first-order valence-electron chi connectivity index (χ1n) is 12.4. The summed E-state index contributed by atoms with van der Waals surface area (Å²) >= 11 is 0. The largest absolute Gasteiger partial charge is 0.494 e. The zero-order chi connectivity index (χ0) is 27.9. The highest BCUT2D eigenvalue weighted by molar-refractivity contribution is 7.89. The molecule has 1 aliphatic heterocycles. The molecule has 3 aromatic rings. The number of ether oxygens (including phenoxy) is 1. The van der Waals surface area contributed by atoms with E-state index in [2.05, 4.69) is 10.5 Å². The fraction of sp³-hybridized carbons (Fsp3) is 0.259. The van der Waals surface area contributed by atoms with E-state index in [1.54, 1.807) is 60.7 Å². The van der Waals surface area contributed by atoms with Crippen molar-refractivity contribution >= 4 is 32.2 Å². The third-order valence-corrected chi connectivity index (χ3v) is 9.87. The Morgan fingerprint density at radius 3 is 2.08 bits per heavy atom. The molecular formula is C27H30N4O6S2. The van der Waals surface area contributed by atoms with E-state index in [0.717, 1.165) is 15.0 Å². The van der Waals surface area contributed by atoms with Crippen LogP contribution in [0, 0.1) is 0 Å². The van der Waals surface area contributed by atoms with Gasteiger partial charge in [0.1, 0.15) is 11.8 Å². The maximum absolute atomic E-state index is 13.5. The molecule has 0 spiro atoms. The average molecular weight is 571 g/mol. The highest BCUT2D eigenvalue weighted by atomic mass is 32.2. The van der Waals surface area contributed by atoms with Gasteiger partial charge in [0.15, 0.2) is 0 Å². The van der Waals surface area contributed by atoms with Crippen LogP contribution in [0.1, 0.15) is 18.9 Å². The highest BCUT2D eigenvalue weighted by Crippen LogP contribution is 2.25. The van der Waals surface area contributed by atoms with Gasteiger partial charge < -0.3 is 4.74 Å². The number of piperazine rings is 1. The molecule has 0 aromatic heterocycles. The van der Waals surface area contributed by atoms with Gasteiger partial charge in [0.25, 0.3) is 5.91 Å². The van der Waals surface area contributed by atoms with Gasteiger partial charge in [0.05, 0.1) is 22.6 Å². The van der Waals surface area contributed by atoms with Crippen LogP contribution < -0.4 is 10.2 Å². The molecule has 3 aromatic carbocycles. The van der Waals surface area contributed by atoms with E-state index in [4.69, 9.17) is 4.74 Å². The predicted molar refractivity (Wildman–Crippen MR) is 147 cm³/mol. The molecule has 1 aliphatic rings. The molecule has 206 valence electrons. The monoisotopic (exact) mass is 570 g/mol. The first-order valence-corrected chi connectivity index (χ1v) is 15.3. The Balaban J connectivity index is 1.56. The van der Waals surface area contributed by atoms with Gasteiger partial charge in [-0.2, -0.15) is 13.7 Å². The van der Waals surface area contributed by atoms with Crippen molar-refractivity contribution in [3.05, 3.63) is 90.5 Å². The van der Waals surface area contributed by atoms with Gasteiger partial charge in [-0.15, -0.1) is 0 Å².